The second-order valence-corrected chi connectivity index (χ2v) is 5.57. The molecule has 0 bridgehead atoms. The summed E-state index contributed by atoms with van der Waals surface area (Å²) in [6.45, 7) is 0.909. The average molecular weight is 331 g/mol. The molecule has 1 aliphatic carbocycles. The molecule has 2 rings (SSSR count). The second-order valence-electron chi connectivity index (χ2n) is 5.57. The molecule has 0 fully saturated rings. The zero-order valence-corrected chi connectivity index (χ0v) is 12.6. The highest BCUT2D eigenvalue weighted by molar-refractivity contribution is 5.83. The zero-order valence-electron chi connectivity index (χ0n) is 12.6. The van der Waals surface area contributed by atoms with E-state index in [2.05, 4.69) is 9.97 Å². The molecule has 9 heteroatoms. The van der Waals surface area contributed by atoms with E-state index in [1.165, 1.54) is 14.0 Å². The summed E-state index contributed by atoms with van der Waals surface area (Å²) >= 11 is 0. The molecular weight excluding hydrogens is 315 g/mol. The smallest absolute Gasteiger partial charge is 0.433 e. The summed E-state index contributed by atoms with van der Waals surface area (Å²) in [4.78, 5) is 31.4. The minimum atomic E-state index is -4.62. The van der Waals surface area contributed by atoms with Gasteiger partial charge in [-0.3, -0.25) is 9.59 Å². The van der Waals surface area contributed by atoms with Gasteiger partial charge in [0, 0.05) is 24.2 Å². The summed E-state index contributed by atoms with van der Waals surface area (Å²) in [7, 11) is 1.32. The van der Waals surface area contributed by atoms with Crippen LogP contribution in [0.5, 0.6) is 0 Å². The Kier molecular flexibility index (Phi) is 4.58. The number of carboxylic acids is 1. The maximum Gasteiger partial charge on any atom is 0.433 e. The summed E-state index contributed by atoms with van der Waals surface area (Å²) in [5, 5.41) is 8.71. The van der Waals surface area contributed by atoms with Crippen LogP contribution >= 0.6 is 0 Å². The SMILES string of the molecule is Cc1nc2c(c(C(F)(F)F)n1)C[C@@H](C(=O)N(C)CC(=O)O)CC2. The number of amides is 1. The number of halogens is 3. The monoisotopic (exact) mass is 331 g/mol. The Labute approximate surface area is 130 Å². The van der Waals surface area contributed by atoms with Crippen LogP contribution in [0.3, 0.4) is 0 Å². The molecular formula is C14H16F3N3O3. The van der Waals surface area contributed by atoms with E-state index in [1.807, 2.05) is 0 Å². The summed E-state index contributed by atoms with van der Waals surface area (Å²) < 4.78 is 39.5. The number of nitrogens with zero attached hydrogens (tertiary/aromatic N) is 3. The number of fused-ring (bicyclic) bond motifs is 1. The van der Waals surface area contributed by atoms with Crippen molar-refractivity contribution < 1.29 is 27.9 Å². The van der Waals surface area contributed by atoms with E-state index in [9.17, 15) is 22.8 Å². The summed E-state index contributed by atoms with van der Waals surface area (Å²) in [5.41, 5.74) is -0.746. The third-order valence-corrected chi connectivity index (χ3v) is 3.75. The molecule has 1 amide bonds. The van der Waals surface area contributed by atoms with E-state index >= 15 is 0 Å². The van der Waals surface area contributed by atoms with E-state index in [4.69, 9.17) is 5.11 Å². The Hall–Kier alpha value is -2.19. The lowest BCUT2D eigenvalue weighted by Crippen LogP contribution is -2.39. The van der Waals surface area contributed by atoms with E-state index in [0.717, 1.165) is 4.90 Å². The van der Waals surface area contributed by atoms with Crippen LogP contribution in [0.2, 0.25) is 0 Å². The number of carbonyl (C=O) groups is 2. The molecule has 1 N–H and O–H groups in total. The van der Waals surface area contributed by atoms with Gasteiger partial charge >= 0.3 is 12.1 Å². The van der Waals surface area contributed by atoms with Crippen LogP contribution in [0.1, 0.15) is 29.2 Å². The van der Waals surface area contributed by atoms with Crippen molar-refractivity contribution in [1.29, 1.82) is 0 Å². The number of aryl methyl sites for hydroxylation is 2. The van der Waals surface area contributed by atoms with Gasteiger partial charge in [0.2, 0.25) is 5.91 Å². The Bertz CT molecular complexity index is 646. The Morgan fingerprint density at radius 1 is 1.35 bits per heavy atom. The number of likely N-dealkylation sites (N-methyl/N-ethyl adjacent to an activating group) is 1. The van der Waals surface area contributed by atoms with Gasteiger partial charge in [-0.2, -0.15) is 13.2 Å². The molecule has 0 radical (unpaired) electrons. The zero-order chi connectivity index (χ0) is 17.4. The van der Waals surface area contributed by atoms with E-state index in [1.54, 1.807) is 0 Å². The molecule has 0 saturated heterocycles. The largest absolute Gasteiger partial charge is 0.480 e. The summed E-state index contributed by atoms with van der Waals surface area (Å²) in [6, 6.07) is 0. The number of carbonyl (C=O) groups excluding carboxylic acids is 1. The second kappa shape index (κ2) is 6.13. The lowest BCUT2D eigenvalue weighted by Gasteiger charge is -2.28. The number of carboxylic acid groups (broad SMARTS) is 1. The normalized spacial score (nSPS) is 17.5. The highest BCUT2D eigenvalue weighted by Gasteiger charge is 2.40. The van der Waals surface area contributed by atoms with Crippen LogP contribution in [0, 0.1) is 12.8 Å². The highest BCUT2D eigenvalue weighted by atomic mass is 19.4. The fourth-order valence-corrected chi connectivity index (χ4v) is 2.77. The third kappa shape index (κ3) is 3.77. The molecule has 1 aromatic heterocycles. The van der Waals surface area contributed by atoms with Gasteiger partial charge < -0.3 is 10.0 Å². The summed E-state index contributed by atoms with van der Waals surface area (Å²) in [6.07, 6.45) is -4.18. The maximum absolute atomic E-state index is 13.2. The van der Waals surface area contributed by atoms with Gasteiger partial charge in [-0.25, -0.2) is 9.97 Å². The number of aromatic nitrogens is 2. The first kappa shape index (κ1) is 17.2. The van der Waals surface area contributed by atoms with Crippen molar-refractivity contribution in [2.45, 2.75) is 32.4 Å². The van der Waals surface area contributed by atoms with Crippen molar-refractivity contribution in [3.8, 4) is 0 Å². The van der Waals surface area contributed by atoms with Gasteiger partial charge in [-0.15, -0.1) is 0 Å². The van der Waals surface area contributed by atoms with Crippen molar-refractivity contribution in [3.63, 3.8) is 0 Å². The van der Waals surface area contributed by atoms with Crippen LogP contribution in [-0.2, 0) is 28.6 Å². The first-order valence-corrected chi connectivity index (χ1v) is 7.00. The molecule has 0 aromatic carbocycles. The van der Waals surface area contributed by atoms with Gasteiger partial charge in [-0.1, -0.05) is 0 Å². The van der Waals surface area contributed by atoms with Crippen molar-refractivity contribution in [3.05, 3.63) is 22.8 Å². The molecule has 126 valence electrons. The number of hydrogen-bond acceptors (Lipinski definition) is 4. The third-order valence-electron chi connectivity index (χ3n) is 3.75. The predicted molar refractivity (Wildman–Crippen MR) is 72.6 cm³/mol. The van der Waals surface area contributed by atoms with E-state index in [-0.39, 0.29) is 24.2 Å². The van der Waals surface area contributed by atoms with Crippen LogP contribution in [-0.4, -0.2) is 45.4 Å². The minimum Gasteiger partial charge on any atom is -0.480 e. The van der Waals surface area contributed by atoms with Gasteiger partial charge in [0.15, 0.2) is 5.69 Å². The van der Waals surface area contributed by atoms with Crippen LogP contribution < -0.4 is 0 Å². The maximum atomic E-state index is 13.2. The van der Waals surface area contributed by atoms with E-state index < -0.39 is 36.2 Å². The Balaban J connectivity index is 2.30. The fraction of sp³-hybridized carbons (Fsp3) is 0.571. The Morgan fingerprint density at radius 3 is 2.57 bits per heavy atom. The summed E-state index contributed by atoms with van der Waals surface area (Å²) in [5.74, 6) is -2.30. The van der Waals surface area contributed by atoms with Crippen LogP contribution in [0.25, 0.3) is 0 Å². The highest BCUT2D eigenvalue weighted by Crippen LogP contribution is 2.36. The van der Waals surface area contributed by atoms with Crippen LogP contribution in [0.15, 0.2) is 0 Å². The number of hydrogen-bond donors (Lipinski definition) is 1. The Morgan fingerprint density at radius 2 is 2.00 bits per heavy atom. The minimum absolute atomic E-state index is 0.0452. The standard InChI is InChI=1S/C14H16F3N3O3/c1-7-18-10-4-3-8(13(23)20(2)6-11(21)22)5-9(10)12(19-7)14(15,16)17/h8H,3-6H2,1-2H3,(H,21,22)/t8-/m0/s1. The lowest BCUT2D eigenvalue weighted by atomic mass is 9.84. The van der Waals surface area contributed by atoms with Gasteiger partial charge in [0.05, 0.1) is 0 Å². The molecule has 1 heterocycles. The number of aliphatic carboxylic acids is 1. The molecule has 0 unspecified atom stereocenters. The molecule has 6 nitrogen and oxygen atoms in total. The van der Waals surface area contributed by atoms with Crippen molar-refractivity contribution in [1.82, 2.24) is 14.9 Å². The topological polar surface area (TPSA) is 83.4 Å². The molecule has 1 atom stereocenters. The van der Waals surface area contributed by atoms with Crippen molar-refractivity contribution in [2.75, 3.05) is 13.6 Å². The molecule has 0 saturated carbocycles. The first-order chi connectivity index (χ1) is 10.6. The van der Waals surface area contributed by atoms with E-state index in [0.29, 0.717) is 12.1 Å². The van der Waals surface area contributed by atoms with Gasteiger partial charge in [0.1, 0.15) is 12.4 Å². The van der Waals surface area contributed by atoms with Crippen molar-refractivity contribution >= 4 is 11.9 Å². The molecule has 0 spiro atoms. The van der Waals surface area contributed by atoms with Gasteiger partial charge in [0.25, 0.3) is 0 Å². The molecule has 1 aromatic rings. The predicted octanol–water partition coefficient (Wildman–Crippen LogP) is 1.45. The average Bonchev–Trinajstić information content (AvgIpc) is 2.43. The quantitative estimate of drug-likeness (QED) is 0.906. The molecule has 0 aliphatic heterocycles. The molecule has 1 aliphatic rings. The number of alkyl halides is 3. The molecule has 23 heavy (non-hydrogen) atoms. The van der Waals surface area contributed by atoms with Gasteiger partial charge in [-0.05, 0) is 26.2 Å². The van der Waals surface area contributed by atoms with Crippen molar-refractivity contribution in [2.24, 2.45) is 5.92 Å². The van der Waals surface area contributed by atoms with Crippen LogP contribution in [0.4, 0.5) is 13.2 Å². The lowest BCUT2D eigenvalue weighted by molar-refractivity contribution is -0.145. The first-order valence-electron chi connectivity index (χ1n) is 7.00. The number of rotatable bonds is 3. The fourth-order valence-electron chi connectivity index (χ4n) is 2.77.